The molecule has 1 aromatic carbocycles. The number of anilines is 1. The Kier molecular flexibility index (Phi) is 4.40. The van der Waals surface area contributed by atoms with Crippen molar-refractivity contribution in [2.24, 2.45) is 0 Å². The molecule has 2 nitrogen and oxygen atoms in total. The molecule has 70 valence electrons. The molecule has 0 heterocycles. The predicted octanol–water partition coefficient (Wildman–Crippen LogP) is 2.38. The molecule has 0 saturated carbocycles. The third-order valence-corrected chi connectivity index (χ3v) is 2.33. The Morgan fingerprint density at radius 3 is 2.69 bits per heavy atom. The number of para-hydroxylation sites is 1. The fourth-order valence-corrected chi connectivity index (χ4v) is 1.44. The second kappa shape index (κ2) is 5.65. The van der Waals surface area contributed by atoms with Crippen LogP contribution in [-0.4, -0.2) is 17.4 Å². The molecule has 0 amide bonds. The van der Waals surface area contributed by atoms with Crippen LogP contribution in [0.25, 0.3) is 0 Å². The molecule has 0 saturated heterocycles. The molecule has 0 fully saturated rings. The van der Waals surface area contributed by atoms with Crippen molar-refractivity contribution in [3.63, 3.8) is 0 Å². The lowest BCUT2D eigenvalue weighted by molar-refractivity contribution is -0.109. The third kappa shape index (κ3) is 4.58. The van der Waals surface area contributed by atoms with Gasteiger partial charge in [0.15, 0.2) is 5.12 Å². The minimum Gasteiger partial charge on any atom is -0.384 e. The summed E-state index contributed by atoms with van der Waals surface area (Å²) in [4.78, 5) is 10.6. The van der Waals surface area contributed by atoms with E-state index in [1.807, 2.05) is 30.3 Å². The van der Waals surface area contributed by atoms with E-state index in [2.05, 4.69) is 5.32 Å². The largest absolute Gasteiger partial charge is 0.384 e. The fourth-order valence-electron chi connectivity index (χ4n) is 0.946. The monoisotopic (exact) mass is 195 g/mol. The first-order chi connectivity index (χ1) is 6.29. The van der Waals surface area contributed by atoms with Gasteiger partial charge in [0.25, 0.3) is 0 Å². The summed E-state index contributed by atoms with van der Waals surface area (Å²) in [7, 11) is 0. The summed E-state index contributed by atoms with van der Waals surface area (Å²) in [6.07, 6.45) is 0. The van der Waals surface area contributed by atoms with Crippen molar-refractivity contribution in [2.75, 3.05) is 17.6 Å². The Labute approximate surface area is 82.7 Å². The second-order valence-corrected chi connectivity index (χ2v) is 3.90. The van der Waals surface area contributed by atoms with E-state index in [1.54, 1.807) is 6.92 Å². The molecule has 0 bridgehead atoms. The van der Waals surface area contributed by atoms with Crippen LogP contribution in [0.3, 0.4) is 0 Å². The Morgan fingerprint density at radius 1 is 1.38 bits per heavy atom. The first kappa shape index (κ1) is 10.1. The van der Waals surface area contributed by atoms with Crippen LogP contribution in [0.15, 0.2) is 30.3 Å². The zero-order valence-corrected chi connectivity index (χ0v) is 8.43. The molecule has 1 N–H and O–H groups in total. The van der Waals surface area contributed by atoms with Gasteiger partial charge in [-0.3, -0.25) is 4.79 Å². The lowest BCUT2D eigenvalue weighted by Crippen LogP contribution is -2.04. The first-order valence-electron chi connectivity index (χ1n) is 4.21. The quantitative estimate of drug-likeness (QED) is 0.748. The molecule has 1 aromatic rings. The van der Waals surface area contributed by atoms with Gasteiger partial charge in [0.05, 0.1) is 0 Å². The number of hydrogen-bond acceptors (Lipinski definition) is 3. The molecule has 1 rings (SSSR count). The Hall–Kier alpha value is -0.960. The molecule has 0 aliphatic heterocycles. The molecule has 0 radical (unpaired) electrons. The van der Waals surface area contributed by atoms with E-state index < -0.39 is 0 Å². The lowest BCUT2D eigenvalue weighted by atomic mass is 10.3. The van der Waals surface area contributed by atoms with E-state index in [-0.39, 0.29) is 5.12 Å². The number of hydrogen-bond donors (Lipinski definition) is 1. The van der Waals surface area contributed by atoms with E-state index in [4.69, 9.17) is 0 Å². The van der Waals surface area contributed by atoms with Crippen molar-refractivity contribution >= 4 is 22.6 Å². The van der Waals surface area contributed by atoms with Gasteiger partial charge in [-0.15, -0.1) is 0 Å². The lowest BCUT2D eigenvalue weighted by Gasteiger charge is -2.03. The smallest absolute Gasteiger partial charge is 0.185 e. The molecule has 3 heteroatoms. The summed E-state index contributed by atoms with van der Waals surface area (Å²) in [5, 5.41) is 3.40. The summed E-state index contributed by atoms with van der Waals surface area (Å²) in [6.45, 7) is 2.42. The van der Waals surface area contributed by atoms with Gasteiger partial charge < -0.3 is 5.32 Å². The zero-order valence-electron chi connectivity index (χ0n) is 7.62. The van der Waals surface area contributed by atoms with Gasteiger partial charge >= 0.3 is 0 Å². The van der Waals surface area contributed by atoms with Crippen molar-refractivity contribution in [3.05, 3.63) is 30.3 Å². The summed E-state index contributed by atoms with van der Waals surface area (Å²) >= 11 is 1.35. The highest BCUT2D eigenvalue weighted by Gasteiger charge is 1.93. The van der Waals surface area contributed by atoms with Gasteiger partial charge in [0.2, 0.25) is 0 Å². The van der Waals surface area contributed by atoms with E-state index in [9.17, 15) is 4.79 Å². The molecular formula is C10H13NOS. The van der Waals surface area contributed by atoms with Crippen LogP contribution in [0.1, 0.15) is 6.92 Å². The summed E-state index contributed by atoms with van der Waals surface area (Å²) in [5.41, 5.74) is 1.10. The maximum Gasteiger partial charge on any atom is 0.185 e. The molecule has 0 aliphatic carbocycles. The van der Waals surface area contributed by atoms with Crippen LogP contribution >= 0.6 is 11.8 Å². The fraction of sp³-hybridized carbons (Fsp3) is 0.300. The number of carbonyl (C=O) groups excluding carboxylic acids is 1. The Bertz CT molecular complexity index is 261. The average molecular weight is 195 g/mol. The van der Waals surface area contributed by atoms with Crippen molar-refractivity contribution < 1.29 is 4.79 Å². The Morgan fingerprint density at radius 2 is 2.08 bits per heavy atom. The van der Waals surface area contributed by atoms with E-state index in [1.165, 1.54) is 11.8 Å². The first-order valence-corrected chi connectivity index (χ1v) is 5.20. The van der Waals surface area contributed by atoms with Crippen LogP contribution in [0.2, 0.25) is 0 Å². The van der Waals surface area contributed by atoms with Crippen molar-refractivity contribution in [1.82, 2.24) is 0 Å². The number of rotatable bonds is 4. The minimum absolute atomic E-state index is 0.176. The zero-order chi connectivity index (χ0) is 9.52. The van der Waals surface area contributed by atoms with Crippen molar-refractivity contribution in [3.8, 4) is 0 Å². The average Bonchev–Trinajstić information content (AvgIpc) is 2.14. The Balaban J connectivity index is 2.17. The molecule has 0 aromatic heterocycles. The van der Waals surface area contributed by atoms with Gasteiger partial charge in [-0.05, 0) is 12.1 Å². The highest BCUT2D eigenvalue weighted by atomic mass is 32.2. The van der Waals surface area contributed by atoms with Crippen LogP contribution in [0.4, 0.5) is 5.69 Å². The van der Waals surface area contributed by atoms with Gasteiger partial charge in [-0.1, -0.05) is 30.0 Å². The molecule has 13 heavy (non-hydrogen) atoms. The number of thioether (sulfide) groups is 1. The minimum atomic E-state index is 0.176. The summed E-state index contributed by atoms with van der Waals surface area (Å²) in [5.74, 6) is 0.824. The standard InChI is InChI=1S/C10H13NOS/c1-9(12)13-8-7-11-10-5-3-2-4-6-10/h2-6,11H,7-8H2,1H3. The number of benzene rings is 1. The van der Waals surface area contributed by atoms with Crippen LogP contribution in [-0.2, 0) is 4.79 Å². The predicted molar refractivity (Wildman–Crippen MR) is 58.1 cm³/mol. The normalized spacial score (nSPS) is 9.62. The van der Waals surface area contributed by atoms with Gasteiger partial charge in [0, 0.05) is 24.9 Å². The maximum atomic E-state index is 10.6. The van der Waals surface area contributed by atoms with Gasteiger partial charge in [0.1, 0.15) is 0 Å². The van der Waals surface area contributed by atoms with Gasteiger partial charge in [-0.25, -0.2) is 0 Å². The number of nitrogens with one attached hydrogen (secondary N) is 1. The van der Waals surface area contributed by atoms with Gasteiger partial charge in [-0.2, -0.15) is 0 Å². The molecule has 0 atom stereocenters. The molecule has 0 aliphatic rings. The van der Waals surface area contributed by atoms with Crippen molar-refractivity contribution in [1.29, 1.82) is 0 Å². The molecular weight excluding hydrogens is 182 g/mol. The highest BCUT2D eigenvalue weighted by Crippen LogP contribution is 2.06. The SMILES string of the molecule is CC(=O)SCCNc1ccccc1. The van der Waals surface area contributed by atoms with Crippen LogP contribution < -0.4 is 5.32 Å². The summed E-state index contributed by atoms with van der Waals surface area (Å²) in [6, 6.07) is 9.98. The van der Waals surface area contributed by atoms with Crippen LogP contribution in [0, 0.1) is 0 Å². The second-order valence-electron chi connectivity index (χ2n) is 2.63. The molecule has 0 spiro atoms. The summed E-state index contributed by atoms with van der Waals surface area (Å²) < 4.78 is 0. The van der Waals surface area contributed by atoms with E-state index in [0.29, 0.717) is 0 Å². The molecule has 0 unspecified atom stereocenters. The third-order valence-electron chi connectivity index (χ3n) is 1.51. The maximum absolute atomic E-state index is 10.6. The van der Waals surface area contributed by atoms with Crippen LogP contribution in [0.5, 0.6) is 0 Å². The van der Waals surface area contributed by atoms with E-state index in [0.717, 1.165) is 18.0 Å². The number of carbonyl (C=O) groups is 1. The van der Waals surface area contributed by atoms with E-state index >= 15 is 0 Å². The van der Waals surface area contributed by atoms with Crippen molar-refractivity contribution in [2.45, 2.75) is 6.92 Å². The topological polar surface area (TPSA) is 29.1 Å². The highest BCUT2D eigenvalue weighted by molar-refractivity contribution is 8.13.